The quantitative estimate of drug-likeness (QED) is 0.747. The highest BCUT2D eigenvalue weighted by Crippen LogP contribution is 2.31. The van der Waals surface area contributed by atoms with Crippen LogP contribution in [0.4, 0.5) is 0 Å². The number of fused-ring (bicyclic) bond motifs is 1. The molecule has 0 spiro atoms. The zero-order valence-corrected chi connectivity index (χ0v) is 12.9. The molecule has 0 fully saturated rings. The zero-order valence-electron chi connectivity index (χ0n) is 12.9. The number of hydrogen-bond donors (Lipinski definition) is 0. The van der Waals surface area contributed by atoms with Crippen molar-refractivity contribution in [3.8, 4) is 11.5 Å². The highest BCUT2D eigenvalue weighted by atomic mass is 16.6. The Labute approximate surface area is 129 Å². The standard InChI is InChI=1S/C16H21NO5/c1-3-4-9-17(2)15(18)11-21-16(19)14-10-20-12-7-5-6-8-13(12)22-14/h5-8,14H,3-4,9-11H2,1-2H3/t14-/m1/s1. The van der Waals surface area contributed by atoms with Crippen molar-refractivity contribution in [3.63, 3.8) is 0 Å². The Bertz CT molecular complexity index is 531. The van der Waals surface area contributed by atoms with Gasteiger partial charge in [0.25, 0.3) is 5.91 Å². The first-order valence-electron chi connectivity index (χ1n) is 7.41. The smallest absolute Gasteiger partial charge is 0.351 e. The van der Waals surface area contributed by atoms with Gasteiger partial charge in [-0.25, -0.2) is 4.79 Å². The molecule has 0 unspecified atom stereocenters. The van der Waals surface area contributed by atoms with Crippen LogP contribution in [0.25, 0.3) is 0 Å². The van der Waals surface area contributed by atoms with E-state index in [4.69, 9.17) is 14.2 Å². The van der Waals surface area contributed by atoms with Crippen LogP contribution in [0.5, 0.6) is 11.5 Å². The third-order valence-corrected chi connectivity index (χ3v) is 3.38. The predicted molar refractivity (Wildman–Crippen MR) is 79.9 cm³/mol. The molecular formula is C16H21NO5. The van der Waals surface area contributed by atoms with Crippen molar-refractivity contribution in [1.82, 2.24) is 4.90 Å². The lowest BCUT2D eigenvalue weighted by Gasteiger charge is -2.25. The number of benzene rings is 1. The monoisotopic (exact) mass is 307 g/mol. The van der Waals surface area contributed by atoms with Crippen molar-refractivity contribution >= 4 is 11.9 Å². The maximum Gasteiger partial charge on any atom is 0.351 e. The van der Waals surface area contributed by atoms with Crippen LogP contribution in [-0.4, -0.2) is 49.7 Å². The van der Waals surface area contributed by atoms with Gasteiger partial charge in [-0.2, -0.15) is 0 Å². The number of esters is 1. The fourth-order valence-electron chi connectivity index (χ4n) is 1.99. The summed E-state index contributed by atoms with van der Waals surface area (Å²) in [6.45, 7) is 2.51. The molecule has 0 saturated heterocycles. The summed E-state index contributed by atoms with van der Waals surface area (Å²) < 4.78 is 16.0. The molecule has 0 radical (unpaired) electrons. The molecule has 1 aromatic carbocycles. The summed E-state index contributed by atoms with van der Waals surface area (Å²) in [6.07, 6.45) is 1.08. The highest BCUT2D eigenvalue weighted by Gasteiger charge is 2.29. The second-order valence-corrected chi connectivity index (χ2v) is 5.14. The van der Waals surface area contributed by atoms with Gasteiger partial charge in [-0.15, -0.1) is 0 Å². The Morgan fingerprint density at radius 3 is 2.77 bits per heavy atom. The molecule has 0 N–H and O–H groups in total. The summed E-state index contributed by atoms with van der Waals surface area (Å²) in [5, 5.41) is 0. The van der Waals surface area contributed by atoms with Crippen molar-refractivity contribution in [2.75, 3.05) is 26.8 Å². The molecule has 120 valence electrons. The third-order valence-electron chi connectivity index (χ3n) is 3.38. The first-order chi connectivity index (χ1) is 10.6. The van der Waals surface area contributed by atoms with Gasteiger partial charge in [-0.3, -0.25) is 4.79 Å². The zero-order chi connectivity index (χ0) is 15.9. The van der Waals surface area contributed by atoms with E-state index in [0.29, 0.717) is 18.0 Å². The number of unbranched alkanes of at least 4 members (excludes halogenated alkanes) is 1. The van der Waals surface area contributed by atoms with E-state index in [-0.39, 0.29) is 19.1 Å². The summed E-state index contributed by atoms with van der Waals surface area (Å²) in [4.78, 5) is 25.3. The first kappa shape index (κ1) is 16.1. The Kier molecular flexibility index (Phi) is 5.63. The number of para-hydroxylation sites is 2. The number of likely N-dealkylation sites (N-methyl/N-ethyl adjacent to an activating group) is 1. The number of ether oxygens (including phenoxy) is 3. The lowest BCUT2D eigenvalue weighted by atomic mass is 10.2. The number of hydrogen-bond acceptors (Lipinski definition) is 5. The van der Waals surface area contributed by atoms with Crippen molar-refractivity contribution < 1.29 is 23.8 Å². The number of rotatable bonds is 6. The van der Waals surface area contributed by atoms with E-state index in [1.54, 1.807) is 30.1 Å². The van der Waals surface area contributed by atoms with Crippen LogP contribution < -0.4 is 9.47 Å². The van der Waals surface area contributed by atoms with Gasteiger partial charge in [0, 0.05) is 13.6 Å². The molecule has 6 heteroatoms. The van der Waals surface area contributed by atoms with Crippen LogP contribution >= 0.6 is 0 Å². The summed E-state index contributed by atoms with van der Waals surface area (Å²) in [6, 6.07) is 7.11. The van der Waals surface area contributed by atoms with Gasteiger partial charge in [0.1, 0.15) is 6.61 Å². The fourth-order valence-corrected chi connectivity index (χ4v) is 1.99. The van der Waals surface area contributed by atoms with Crippen LogP contribution in [0, 0.1) is 0 Å². The second kappa shape index (κ2) is 7.68. The van der Waals surface area contributed by atoms with E-state index in [9.17, 15) is 9.59 Å². The predicted octanol–water partition coefficient (Wildman–Crippen LogP) is 1.63. The van der Waals surface area contributed by atoms with E-state index in [2.05, 4.69) is 6.92 Å². The Hall–Kier alpha value is -2.24. The average molecular weight is 307 g/mol. The van der Waals surface area contributed by atoms with E-state index >= 15 is 0 Å². The van der Waals surface area contributed by atoms with Gasteiger partial charge in [0.2, 0.25) is 6.10 Å². The summed E-state index contributed by atoms with van der Waals surface area (Å²) in [7, 11) is 1.70. The maximum atomic E-state index is 12.0. The lowest BCUT2D eigenvalue weighted by molar-refractivity contribution is -0.159. The van der Waals surface area contributed by atoms with E-state index in [0.717, 1.165) is 12.8 Å². The van der Waals surface area contributed by atoms with Crippen LogP contribution in [-0.2, 0) is 14.3 Å². The van der Waals surface area contributed by atoms with Crippen molar-refractivity contribution in [2.24, 2.45) is 0 Å². The molecule has 1 aliphatic rings. The highest BCUT2D eigenvalue weighted by molar-refractivity contribution is 5.82. The molecule has 6 nitrogen and oxygen atoms in total. The van der Waals surface area contributed by atoms with Crippen molar-refractivity contribution in [3.05, 3.63) is 24.3 Å². The van der Waals surface area contributed by atoms with Crippen LogP contribution in [0.15, 0.2) is 24.3 Å². The van der Waals surface area contributed by atoms with Crippen molar-refractivity contribution in [1.29, 1.82) is 0 Å². The summed E-state index contributed by atoms with van der Waals surface area (Å²) >= 11 is 0. The molecule has 2 rings (SSSR count). The maximum absolute atomic E-state index is 12.0. The average Bonchev–Trinajstić information content (AvgIpc) is 2.56. The lowest BCUT2D eigenvalue weighted by Crippen LogP contribution is -2.40. The van der Waals surface area contributed by atoms with Gasteiger partial charge in [0.15, 0.2) is 18.1 Å². The van der Waals surface area contributed by atoms with Gasteiger partial charge in [-0.05, 0) is 18.6 Å². The molecule has 1 heterocycles. The normalized spacial score (nSPS) is 16.0. The SMILES string of the molecule is CCCCN(C)C(=O)COC(=O)[C@H]1COc2ccccc2O1. The Morgan fingerprint density at radius 1 is 1.32 bits per heavy atom. The molecule has 1 amide bonds. The molecule has 1 aliphatic heterocycles. The number of amides is 1. The van der Waals surface area contributed by atoms with Gasteiger partial charge in [-0.1, -0.05) is 25.5 Å². The number of carbonyl (C=O) groups is 2. The minimum Gasteiger partial charge on any atom is -0.485 e. The molecule has 0 saturated carbocycles. The van der Waals surface area contributed by atoms with E-state index in [1.165, 1.54) is 0 Å². The van der Waals surface area contributed by atoms with E-state index < -0.39 is 12.1 Å². The molecular weight excluding hydrogens is 286 g/mol. The molecule has 0 aliphatic carbocycles. The van der Waals surface area contributed by atoms with Gasteiger partial charge in [0.05, 0.1) is 0 Å². The van der Waals surface area contributed by atoms with E-state index in [1.807, 2.05) is 6.07 Å². The molecule has 1 atom stereocenters. The summed E-state index contributed by atoms with van der Waals surface area (Å²) in [5.41, 5.74) is 0. The fraction of sp³-hybridized carbons (Fsp3) is 0.500. The van der Waals surface area contributed by atoms with Gasteiger partial charge >= 0.3 is 5.97 Å². The Balaban J connectivity index is 1.80. The van der Waals surface area contributed by atoms with Crippen molar-refractivity contribution in [2.45, 2.75) is 25.9 Å². The molecule has 1 aromatic rings. The molecule has 0 bridgehead atoms. The minimum absolute atomic E-state index is 0.0791. The Morgan fingerprint density at radius 2 is 2.05 bits per heavy atom. The minimum atomic E-state index is -0.844. The largest absolute Gasteiger partial charge is 0.485 e. The first-order valence-corrected chi connectivity index (χ1v) is 7.41. The van der Waals surface area contributed by atoms with Crippen LogP contribution in [0.1, 0.15) is 19.8 Å². The second-order valence-electron chi connectivity index (χ2n) is 5.14. The van der Waals surface area contributed by atoms with Gasteiger partial charge < -0.3 is 19.1 Å². The van der Waals surface area contributed by atoms with Crippen LogP contribution in [0.2, 0.25) is 0 Å². The van der Waals surface area contributed by atoms with Crippen LogP contribution in [0.3, 0.4) is 0 Å². The number of carbonyl (C=O) groups excluding carboxylic acids is 2. The molecule has 0 aromatic heterocycles. The molecule has 22 heavy (non-hydrogen) atoms. The topological polar surface area (TPSA) is 65.1 Å². The summed E-state index contributed by atoms with van der Waals surface area (Å²) in [5.74, 6) is 0.287. The third kappa shape index (κ3) is 4.13. The number of nitrogens with zero attached hydrogens (tertiary/aromatic N) is 1.